The summed E-state index contributed by atoms with van der Waals surface area (Å²) < 4.78 is 58.1. The highest BCUT2D eigenvalue weighted by atomic mass is 35.5. The number of aromatic nitrogens is 4. The fourth-order valence-electron chi connectivity index (χ4n) is 2.87. The van der Waals surface area contributed by atoms with E-state index in [0.29, 0.717) is 11.3 Å². The number of pyridine rings is 1. The lowest BCUT2D eigenvalue weighted by atomic mass is 10.2. The van der Waals surface area contributed by atoms with Crippen molar-refractivity contribution in [3.63, 3.8) is 0 Å². The molecule has 4 aromatic rings. The van der Waals surface area contributed by atoms with Gasteiger partial charge in [0.05, 0.1) is 28.7 Å². The Morgan fingerprint density at radius 3 is 2.37 bits per heavy atom. The van der Waals surface area contributed by atoms with Gasteiger partial charge in [-0.05, 0) is 54.1 Å². The van der Waals surface area contributed by atoms with E-state index in [1.807, 2.05) is 0 Å². The summed E-state index contributed by atoms with van der Waals surface area (Å²) in [6.07, 6.45) is -1.43. The van der Waals surface area contributed by atoms with Gasteiger partial charge < -0.3 is 10.1 Å². The summed E-state index contributed by atoms with van der Waals surface area (Å²) in [5.41, 5.74) is 0.470. The van der Waals surface area contributed by atoms with Crippen LogP contribution in [-0.2, 0) is 0 Å². The van der Waals surface area contributed by atoms with Crippen LogP contribution in [0.1, 0.15) is 5.56 Å². The first-order valence-electron chi connectivity index (χ1n) is 10.4. The van der Waals surface area contributed by atoms with Crippen LogP contribution in [0.5, 0.6) is 5.75 Å². The first-order valence-corrected chi connectivity index (χ1v) is 11.6. The number of alkyl halides is 4. The first kappa shape index (κ1) is 27.3. The maximum atomic E-state index is 14.6. The van der Waals surface area contributed by atoms with Gasteiger partial charge >= 0.3 is 6.11 Å². The van der Waals surface area contributed by atoms with E-state index in [2.05, 4.69) is 40.5 Å². The molecular weight excluding hydrogens is 573 g/mol. The topological polar surface area (TPSA) is 97.2 Å². The summed E-state index contributed by atoms with van der Waals surface area (Å²) in [7, 11) is 0. The van der Waals surface area contributed by atoms with Gasteiger partial charge in [0, 0.05) is 0 Å². The molecule has 38 heavy (non-hydrogen) atoms. The Hall–Kier alpha value is -3.74. The van der Waals surface area contributed by atoms with E-state index in [9.17, 15) is 17.6 Å². The Balaban J connectivity index is 1.57. The molecule has 0 amide bonds. The van der Waals surface area contributed by atoms with E-state index >= 15 is 0 Å². The van der Waals surface area contributed by atoms with Crippen LogP contribution in [0.2, 0.25) is 10.2 Å². The Morgan fingerprint density at radius 2 is 1.71 bits per heavy atom. The molecule has 2 aromatic carbocycles. The molecule has 8 nitrogen and oxygen atoms in total. The molecule has 1 atom stereocenters. The van der Waals surface area contributed by atoms with Gasteiger partial charge in [0.2, 0.25) is 11.9 Å². The SMILES string of the molecule is Fc1cccc(Cl)c1-c1nc(N/N=C/c2ccc(OC(F)(F)C(F)Cl)cc2)nc(Nc2ccc(Cl)nc2)n1. The number of halogens is 7. The molecule has 196 valence electrons. The summed E-state index contributed by atoms with van der Waals surface area (Å²) >= 11 is 16.8. The monoisotopic (exact) mass is 585 g/mol. The molecule has 0 radical (unpaired) electrons. The number of benzene rings is 2. The molecule has 0 bridgehead atoms. The second-order valence-corrected chi connectivity index (χ2v) is 8.48. The van der Waals surface area contributed by atoms with Crippen molar-refractivity contribution in [3.05, 3.63) is 82.4 Å². The summed E-state index contributed by atoms with van der Waals surface area (Å²) in [5.74, 6) is -1.11. The molecule has 0 fully saturated rings. The van der Waals surface area contributed by atoms with Gasteiger partial charge in [0.15, 0.2) is 5.82 Å². The highest BCUT2D eigenvalue weighted by molar-refractivity contribution is 6.33. The van der Waals surface area contributed by atoms with Gasteiger partial charge in [-0.25, -0.2) is 19.2 Å². The minimum absolute atomic E-state index is 0.0176. The number of hydrazone groups is 1. The minimum Gasteiger partial charge on any atom is -0.429 e. The third kappa shape index (κ3) is 6.97. The van der Waals surface area contributed by atoms with Gasteiger partial charge in [-0.3, -0.25) is 0 Å². The first-order chi connectivity index (χ1) is 18.1. The number of nitrogens with one attached hydrogen (secondary N) is 2. The van der Waals surface area contributed by atoms with Crippen molar-refractivity contribution < 1.29 is 22.3 Å². The van der Waals surface area contributed by atoms with E-state index in [-0.39, 0.29) is 39.2 Å². The lowest BCUT2D eigenvalue weighted by Gasteiger charge is -2.17. The number of hydrogen-bond acceptors (Lipinski definition) is 8. The molecular formula is C23H14Cl3F4N7O. The van der Waals surface area contributed by atoms with Crippen molar-refractivity contribution in [1.29, 1.82) is 0 Å². The Morgan fingerprint density at radius 1 is 0.974 bits per heavy atom. The van der Waals surface area contributed by atoms with E-state index in [4.69, 9.17) is 34.8 Å². The van der Waals surface area contributed by atoms with Crippen LogP contribution in [0.25, 0.3) is 11.4 Å². The Kier molecular flexibility index (Phi) is 8.45. The maximum Gasteiger partial charge on any atom is 0.444 e. The summed E-state index contributed by atoms with van der Waals surface area (Å²) in [6, 6.07) is 12.4. The standard InChI is InChI=1S/C23H14Cl3F4N7O/c24-15-2-1-3-16(27)18(15)19-34-21(33-13-6-9-17(25)31-11-13)36-22(35-19)37-32-10-12-4-7-14(8-5-12)38-23(29,30)20(26)28/h1-11,20H,(H2,33,34,35,36,37)/b32-10+. The number of hydrogen-bond donors (Lipinski definition) is 2. The van der Waals surface area contributed by atoms with E-state index in [1.54, 1.807) is 12.1 Å². The lowest BCUT2D eigenvalue weighted by Crippen LogP contribution is -2.32. The predicted octanol–water partition coefficient (Wildman–Crippen LogP) is 7.08. The van der Waals surface area contributed by atoms with Crippen molar-refractivity contribution >= 4 is 58.6 Å². The fourth-order valence-corrected chi connectivity index (χ4v) is 3.28. The molecule has 0 saturated heterocycles. The molecule has 0 saturated carbocycles. The van der Waals surface area contributed by atoms with Crippen molar-refractivity contribution in [2.24, 2.45) is 5.10 Å². The summed E-state index contributed by atoms with van der Waals surface area (Å²) in [5, 5.41) is 7.26. The molecule has 15 heteroatoms. The predicted molar refractivity (Wildman–Crippen MR) is 137 cm³/mol. The zero-order chi connectivity index (χ0) is 27.3. The maximum absolute atomic E-state index is 14.6. The Bertz CT molecular complexity index is 1420. The molecule has 2 heterocycles. The number of nitrogens with zero attached hydrogens (tertiary/aromatic N) is 5. The lowest BCUT2D eigenvalue weighted by molar-refractivity contribution is -0.199. The number of ether oxygens (including phenoxy) is 1. The van der Waals surface area contributed by atoms with Crippen LogP contribution in [0.4, 0.5) is 35.1 Å². The third-order valence-corrected chi connectivity index (χ3v) is 5.36. The smallest absolute Gasteiger partial charge is 0.429 e. The summed E-state index contributed by atoms with van der Waals surface area (Å²) in [4.78, 5) is 16.6. The van der Waals surface area contributed by atoms with Crippen molar-refractivity contribution in [1.82, 2.24) is 19.9 Å². The molecule has 2 N–H and O–H groups in total. The van der Waals surface area contributed by atoms with Crippen LogP contribution < -0.4 is 15.5 Å². The van der Waals surface area contributed by atoms with Crippen LogP contribution >= 0.6 is 34.8 Å². The van der Waals surface area contributed by atoms with Gasteiger partial charge in [0.25, 0.3) is 5.63 Å². The van der Waals surface area contributed by atoms with Crippen molar-refractivity contribution in [2.45, 2.75) is 11.7 Å². The second kappa shape index (κ2) is 11.8. The van der Waals surface area contributed by atoms with Gasteiger partial charge in [-0.1, -0.05) is 40.9 Å². The van der Waals surface area contributed by atoms with Crippen LogP contribution in [0, 0.1) is 5.82 Å². The highest BCUT2D eigenvalue weighted by Gasteiger charge is 2.42. The quantitative estimate of drug-likeness (QED) is 0.0711. The van der Waals surface area contributed by atoms with E-state index in [1.165, 1.54) is 54.9 Å². The van der Waals surface area contributed by atoms with E-state index in [0.717, 1.165) is 0 Å². The zero-order valence-corrected chi connectivity index (χ0v) is 21.0. The van der Waals surface area contributed by atoms with Crippen molar-refractivity contribution in [2.75, 3.05) is 10.7 Å². The number of rotatable bonds is 9. The third-order valence-electron chi connectivity index (χ3n) is 4.57. The molecule has 0 aliphatic heterocycles. The molecule has 0 aliphatic rings. The van der Waals surface area contributed by atoms with Gasteiger partial charge in [-0.2, -0.15) is 28.8 Å². The summed E-state index contributed by atoms with van der Waals surface area (Å²) in [6.45, 7) is 0. The Labute approximate surface area is 227 Å². The van der Waals surface area contributed by atoms with Gasteiger partial charge in [-0.15, -0.1) is 0 Å². The second-order valence-electron chi connectivity index (χ2n) is 7.30. The fraction of sp³-hybridized carbons (Fsp3) is 0.0870. The van der Waals surface area contributed by atoms with E-state index < -0.39 is 17.6 Å². The molecule has 1 unspecified atom stereocenters. The molecule has 2 aromatic heterocycles. The van der Waals surface area contributed by atoms with Crippen LogP contribution in [0.3, 0.4) is 0 Å². The van der Waals surface area contributed by atoms with Crippen LogP contribution in [-0.4, -0.2) is 37.9 Å². The number of anilines is 3. The van der Waals surface area contributed by atoms with Gasteiger partial charge in [0.1, 0.15) is 16.7 Å². The normalized spacial score (nSPS) is 12.4. The largest absolute Gasteiger partial charge is 0.444 e. The highest BCUT2D eigenvalue weighted by Crippen LogP contribution is 2.30. The molecule has 0 aliphatic carbocycles. The van der Waals surface area contributed by atoms with Crippen LogP contribution in [0.15, 0.2) is 65.9 Å². The van der Waals surface area contributed by atoms with Crippen molar-refractivity contribution in [3.8, 4) is 17.1 Å². The average Bonchev–Trinajstić information content (AvgIpc) is 2.86. The minimum atomic E-state index is -4.19. The molecule has 4 rings (SSSR count). The zero-order valence-electron chi connectivity index (χ0n) is 18.7. The average molecular weight is 587 g/mol. The molecule has 0 spiro atoms.